The van der Waals surface area contributed by atoms with Crippen LogP contribution in [0.3, 0.4) is 0 Å². The van der Waals surface area contributed by atoms with E-state index in [2.05, 4.69) is 10.3 Å². The van der Waals surface area contributed by atoms with Crippen LogP contribution in [0, 0.1) is 12.8 Å². The molecule has 0 spiro atoms. The third-order valence-electron chi connectivity index (χ3n) is 4.95. The van der Waals surface area contributed by atoms with Gasteiger partial charge in [0, 0.05) is 11.1 Å². The van der Waals surface area contributed by atoms with E-state index in [0.717, 1.165) is 34.7 Å². The first kappa shape index (κ1) is 19.5. The summed E-state index contributed by atoms with van der Waals surface area (Å²) in [4.78, 5) is 5.29. The van der Waals surface area contributed by atoms with Crippen molar-refractivity contribution in [1.82, 2.24) is 10.3 Å². The highest BCUT2D eigenvalue weighted by Gasteiger charge is 2.23. The van der Waals surface area contributed by atoms with Crippen molar-refractivity contribution in [1.29, 1.82) is 0 Å². The van der Waals surface area contributed by atoms with Gasteiger partial charge in [0.1, 0.15) is 11.3 Å². The first-order valence-electron chi connectivity index (χ1n) is 9.73. The van der Waals surface area contributed by atoms with Crippen LogP contribution < -0.4 is 14.8 Å². The molecule has 1 saturated carbocycles. The first-order valence-corrected chi connectivity index (χ1v) is 10.1. The number of methoxy groups -OCH3 is 1. The fourth-order valence-corrected chi connectivity index (χ4v) is 3.33. The van der Waals surface area contributed by atoms with Gasteiger partial charge >= 0.3 is 0 Å². The molecule has 0 atom stereocenters. The molecule has 0 radical (unpaired) electrons. The Bertz CT molecular complexity index is 1010. The molecule has 1 aliphatic rings. The molecule has 29 heavy (non-hydrogen) atoms. The van der Waals surface area contributed by atoms with Gasteiger partial charge in [-0.1, -0.05) is 36.5 Å². The maximum absolute atomic E-state index is 5.94. The minimum atomic E-state index is 0.498. The van der Waals surface area contributed by atoms with Gasteiger partial charge in [0.25, 0.3) is 0 Å². The summed E-state index contributed by atoms with van der Waals surface area (Å²) in [5.41, 5.74) is 3.80. The van der Waals surface area contributed by atoms with Crippen molar-refractivity contribution in [3.05, 3.63) is 65.5 Å². The highest BCUT2D eigenvalue weighted by Crippen LogP contribution is 2.35. The van der Waals surface area contributed by atoms with Crippen LogP contribution in [0.4, 0.5) is 0 Å². The second kappa shape index (κ2) is 8.66. The maximum atomic E-state index is 5.94. The van der Waals surface area contributed by atoms with Gasteiger partial charge in [-0.3, -0.25) is 0 Å². The van der Waals surface area contributed by atoms with Gasteiger partial charge in [0.05, 0.1) is 26.0 Å². The van der Waals surface area contributed by atoms with Gasteiger partial charge in [-0.25, -0.2) is 4.98 Å². The van der Waals surface area contributed by atoms with E-state index in [1.165, 1.54) is 12.8 Å². The summed E-state index contributed by atoms with van der Waals surface area (Å²) in [5.74, 6) is 2.64. The fourth-order valence-electron chi connectivity index (χ4n) is 3.03. The van der Waals surface area contributed by atoms with Crippen LogP contribution in [0.1, 0.15) is 29.7 Å². The van der Waals surface area contributed by atoms with E-state index in [1.54, 1.807) is 13.4 Å². The summed E-state index contributed by atoms with van der Waals surface area (Å²) >= 11 is 5.51. The van der Waals surface area contributed by atoms with Crippen LogP contribution >= 0.6 is 12.2 Å². The molecule has 0 aliphatic heterocycles. The van der Waals surface area contributed by atoms with Gasteiger partial charge in [-0.05, 0) is 49.4 Å². The Morgan fingerprint density at radius 2 is 2.03 bits per heavy atom. The highest BCUT2D eigenvalue weighted by molar-refractivity contribution is 7.80. The van der Waals surface area contributed by atoms with Crippen molar-refractivity contribution in [2.24, 2.45) is 5.92 Å². The quantitative estimate of drug-likeness (QED) is 0.534. The largest absolute Gasteiger partial charge is 0.493 e. The molecule has 1 aliphatic carbocycles. The van der Waals surface area contributed by atoms with E-state index in [4.69, 9.17) is 26.1 Å². The normalized spacial score (nSPS) is 13.2. The fraction of sp³-hybridized carbons (Fsp3) is 0.304. The van der Waals surface area contributed by atoms with Crippen LogP contribution in [0.15, 0.2) is 53.1 Å². The summed E-state index contributed by atoms with van der Waals surface area (Å²) in [6.45, 7) is 3.26. The third kappa shape index (κ3) is 4.77. The van der Waals surface area contributed by atoms with Crippen LogP contribution in [0.5, 0.6) is 11.5 Å². The zero-order chi connectivity index (χ0) is 20.2. The molecule has 0 unspecified atom stereocenters. The summed E-state index contributed by atoms with van der Waals surface area (Å²) in [5, 5.41) is 3.25. The number of nitrogens with one attached hydrogen (secondary N) is 1. The number of benzene rings is 2. The molecule has 3 aromatic rings. The molecule has 0 saturated heterocycles. The van der Waals surface area contributed by atoms with Gasteiger partial charge < -0.3 is 19.2 Å². The lowest BCUT2D eigenvalue weighted by Gasteiger charge is -2.11. The van der Waals surface area contributed by atoms with Crippen molar-refractivity contribution in [3.8, 4) is 23.0 Å². The first-order chi connectivity index (χ1) is 14.1. The molecular formula is C23H24N2O3S. The highest BCUT2D eigenvalue weighted by atomic mass is 32.1. The third-order valence-corrected chi connectivity index (χ3v) is 5.32. The molecule has 150 valence electrons. The van der Waals surface area contributed by atoms with Gasteiger partial charge in [-0.15, -0.1) is 0 Å². The molecular weight excluding hydrogens is 384 g/mol. The minimum absolute atomic E-state index is 0.498. The van der Waals surface area contributed by atoms with E-state index < -0.39 is 0 Å². The Labute approximate surface area is 176 Å². The topological polar surface area (TPSA) is 56.5 Å². The summed E-state index contributed by atoms with van der Waals surface area (Å²) < 4.78 is 17.0. The molecule has 1 fully saturated rings. The maximum Gasteiger partial charge on any atom is 0.226 e. The Hall–Kier alpha value is -2.86. The van der Waals surface area contributed by atoms with Crippen LogP contribution in [0.25, 0.3) is 11.5 Å². The van der Waals surface area contributed by atoms with E-state index in [-0.39, 0.29) is 0 Å². The Kier molecular flexibility index (Phi) is 5.81. The van der Waals surface area contributed by atoms with Crippen molar-refractivity contribution in [3.63, 3.8) is 0 Å². The van der Waals surface area contributed by atoms with Gasteiger partial charge in [-0.2, -0.15) is 0 Å². The summed E-state index contributed by atoms with van der Waals surface area (Å²) in [7, 11) is 1.64. The van der Waals surface area contributed by atoms with E-state index in [9.17, 15) is 0 Å². The van der Waals surface area contributed by atoms with Crippen molar-refractivity contribution in [2.45, 2.75) is 26.3 Å². The molecule has 0 bridgehead atoms. The number of ether oxygens (including phenoxy) is 2. The van der Waals surface area contributed by atoms with Crippen molar-refractivity contribution >= 4 is 17.2 Å². The molecule has 1 aromatic heterocycles. The zero-order valence-corrected chi connectivity index (χ0v) is 17.4. The lowest BCUT2D eigenvalue weighted by atomic mass is 10.1. The number of rotatable bonds is 8. The average Bonchev–Trinajstić information content (AvgIpc) is 3.45. The van der Waals surface area contributed by atoms with Crippen molar-refractivity contribution < 1.29 is 13.9 Å². The molecule has 6 heteroatoms. The average molecular weight is 409 g/mol. The SMILES string of the molecule is COc1ccc(-c2nc(CNC(=S)c3ccccc3C)co2)cc1OCC1CC1. The second-order valence-corrected chi connectivity index (χ2v) is 7.67. The molecule has 4 rings (SSSR count). The standard InChI is InChI=1S/C23H24N2O3S/c1-15-5-3-4-6-19(15)23(29)24-12-18-14-28-22(25-18)17-9-10-20(26-2)21(11-17)27-13-16-7-8-16/h3-6,9-11,14,16H,7-8,12-13H2,1-2H3,(H,24,29). The van der Waals surface area contributed by atoms with Gasteiger partial charge in [0.15, 0.2) is 11.5 Å². The Morgan fingerprint density at radius 3 is 2.79 bits per heavy atom. The number of hydrogen-bond donors (Lipinski definition) is 1. The Morgan fingerprint density at radius 1 is 1.21 bits per heavy atom. The number of thiocarbonyl (C=S) groups is 1. The molecule has 0 amide bonds. The lowest BCUT2D eigenvalue weighted by Crippen LogP contribution is -2.22. The van der Waals surface area contributed by atoms with Gasteiger partial charge in [0.2, 0.25) is 5.89 Å². The number of aryl methyl sites for hydroxylation is 1. The Balaban J connectivity index is 1.43. The van der Waals surface area contributed by atoms with Crippen LogP contribution in [-0.4, -0.2) is 23.7 Å². The smallest absolute Gasteiger partial charge is 0.226 e. The van der Waals surface area contributed by atoms with E-state index in [1.807, 2.05) is 49.4 Å². The number of aromatic nitrogens is 1. The molecule has 1 N–H and O–H groups in total. The number of oxazole rings is 1. The second-order valence-electron chi connectivity index (χ2n) is 7.26. The van der Waals surface area contributed by atoms with Crippen LogP contribution in [0.2, 0.25) is 0 Å². The summed E-state index contributed by atoms with van der Waals surface area (Å²) in [6.07, 6.45) is 4.13. The molecule has 1 heterocycles. The van der Waals surface area contributed by atoms with E-state index in [0.29, 0.717) is 29.1 Å². The predicted octanol–water partition coefficient (Wildman–Crippen LogP) is 4.91. The predicted molar refractivity (Wildman–Crippen MR) is 116 cm³/mol. The van der Waals surface area contributed by atoms with E-state index >= 15 is 0 Å². The van der Waals surface area contributed by atoms with Crippen LogP contribution in [-0.2, 0) is 6.54 Å². The molecule has 5 nitrogen and oxygen atoms in total. The number of hydrogen-bond acceptors (Lipinski definition) is 5. The zero-order valence-electron chi connectivity index (χ0n) is 16.6. The summed E-state index contributed by atoms with van der Waals surface area (Å²) in [6, 6.07) is 13.8. The lowest BCUT2D eigenvalue weighted by molar-refractivity contribution is 0.280. The van der Waals surface area contributed by atoms with Crippen molar-refractivity contribution in [2.75, 3.05) is 13.7 Å². The minimum Gasteiger partial charge on any atom is -0.493 e. The monoisotopic (exact) mass is 408 g/mol. The molecule has 2 aromatic carbocycles. The number of nitrogens with zero attached hydrogens (tertiary/aromatic N) is 1.